The number of halogens is 2. The van der Waals surface area contributed by atoms with E-state index in [1.165, 1.54) is 34.0 Å². The van der Waals surface area contributed by atoms with Crippen LogP contribution in [-0.2, 0) is 12.8 Å². The molecule has 0 spiro atoms. The van der Waals surface area contributed by atoms with Gasteiger partial charge in [-0.2, -0.15) is 0 Å². The van der Waals surface area contributed by atoms with Gasteiger partial charge >= 0.3 is 0 Å². The Morgan fingerprint density at radius 2 is 2.00 bits per heavy atom. The molecule has 3 rings (SSSR count). The maximum atomic E-state index is 6.11. The van der Waals surface area contributed by atoms with Gasteiger partial charge in [-0.15, -0.1) is 11.3 Å². The van der Waals surface area contributed by atoms with Crippen molar-refractivity contribution in [1.29, 1.82) is 0 Å². The maximum absolute atomic E-state index is 6.11. The molecule has 1 aromatic heterocycles. The summed E-state index contributed by atoms with van der Waals surface area (Å²) in [6, 6.07) is 5.84. The van der Waals surface area contributed by atoms with E-state index in [4.69, 9.17) is 28.2 Å². The third kappa shape index (κ3) is 3.65. The van der Waals surface area contributed by atoms with Crippen molar-refractivity contribution >= 4 is 34.5 Å². The smallest absolute Gasteiger partial charge is 0.0975 e. The van der Waals surface area contributed by atoms with Crippen molar-refractivity contribution in [3.8, 4) is 0 Å². The molecular weight excluding hydrogens is 335 g/mol. The lowest BCUT2D eigenvalue weighted by atomic mass is 9.95. The van der Waals surface area contributed by atoms with Crippen molar-refractivity contribution in [2.75, 3.05) is 13.1 Å². The summed E-state index contributed by atoms with van der Waals surface area (Å²) < 4.78 is 0. The Hall–Kier alpha value is -0.610. The summed E-state index contributed by atoms with van der Waals surface area (Å²) in [4.78, 5) is 6.37. The first-order valence-electron chi connectivity index (χ1n) is 7.80. The van der Waals surface area contributed by atoms with E-state index in [9.17, 15) is 0 Å². The molecule has 5 heteroatoms. The Kier molecular flexibility index (Phi) is 5.40. The van der Waals surface area contributed by atoms with Crippen molar-refractivity contribution in [2.24, 2.45) is 0 Å². The lowest BCUT2D eigenvalue weighted by Crippen LogP contribution is -2.26. The zero-order valence-corrected chi connectivity index (χ0v) is 15.0. The van der Waals surface area contributed by atoms with Crippen LogP contribution in [0.15, 0.2) is 18.2 Å². The summed E-state index contributed by atoms with van der Waals surface area (Å²) in [6.07, 6.45) is 4.29. The van der Waals surface area contributed by atoms with Gasteiger partial charge in [-0.05, 0) is 56.0 Å². The van der Waals surface area contributed by atoms with Crippen LogP contribution < -0.4 is 5.32 Å². The second kappa shape index (κ2) is 7.31. The Balaban J connectivity index is 1.81. The number of nitrogens with one attached hydrogen (secondary N) is 1. The van der Waals surface area contributed by atoms with Gasteiger partial charge in [0.1, 0.15) is 0 Å². The molecule has 0 atom stereocenters. The van der Waals surface area contributed by atoms with Crippen LogP contribution in [0, 0.1) is 0 Å². The van der Waals surface area contributed by atoms with Crippen molar-refractivity contribution in [2.45, 2.75) is 38.5 Å². The Morgan fingerprint density at radius 1 is 1.23 bits per heavy atom. The van der Waals surface area contributed by atoms with Gasteiger partial charge in [0.05, 0.1) is 20.7 Å². The van der Waals surface area contributed by atoms with Gasteiger partial charge in [0.25, 0.3) is 0 Å². The topological polar surface area (TPSA) is 24.9 Å². The van der Waals surface area contributed by atoms with Crippen LogP contribution in [0.25, 0.3) is 0 Å². The minimum atomic E-state index is 0.606. The number of rotatable bonds is 4. The SMILES string of the molecule is CCc1nc(Cc2ccc(Cl)c(Cl)c2)sc1C1CCNCC1. The Bertz CT molecular complexity index is 648. The fourth-order valence-electron chi connectivity index (χ4n) is 2.97. The number of aromatic nitrogens is 1. The van der Waals surface area contributed by atoms with E-state index in [0.717, 1.165) is 25.9 Å². The van der Waals surface area contributed by atoms with Crippen molar-refractivity contribution in [3.05, 3.63) is 49.4 Å². The van der Waals surface area contributed by atoms with Gasteiger partial charge in [-0.1, -0.05) is 36.2 Å². The monoisotopic (exact) mass is 354 g/mol. The molecule has 2 aromatic rings. The summed E-state index contributed by atoms with van der Waals surface area (Å²) >= 11 is 14.0. The highest BCUT2D eigenvalue weighted by Gasteiger charge is 2.21. The summed E-state index contributed by atoms with van der Waals surface area (Å²) in [5.74, 6) is 0.677. The number of hydrogen-bond acceptors (Lipinski definition) is 3. The minimum absolute atomic E-state index is 0.606. The number of thiazole rings is 1. The van der Waals surface area contributed by atoms with Crippen molar-refractivity contribution < 1.29 is 0 Å². The molecule has 2 heterocycles. The van der Waals surface area contributed by atoms with E-state index in [1.807, 2.05) is 29.5 Å². The van der Waals surface area contributed by atoms with Crippen LogP contribution in [-0.4, -0.2) is 18.1 Å². The highest BCUT2D eigenvalue weighted by atomic mass is 35.5. The summed E-state index contributed by atoms with van der Waals surface area (Å²) in [5, 5.41) is 5.84. The van der Waals surface area contributed by atoms with E-state index in [0.29, 0.717) is 16.0 Å². The molecule has 0 saturated carbocycles. The third-order valence-electron chi connectivity index (χ3n) is 4.16. The zero-order chi connectivity index (χ0) is 15.5. The van der Waals surface area contributed by atoms with E-state index in [2.05, 4.69) is 12.2 Å². The predicted octanol–water partition coefficient (Wildman–Crippen LogP) is 5.07. The van der Waals surface area contributed by atoms with Gasteiger partial charge in [0, 0.05) is 11.3 Å². The quantitative estimate of drug-likeness (QED) is 0.828. The largest absolute Gasteiger partial charge is 0.317 e. The highest BCUT2D eigenvalue weighted by molar-refractivity contribution is 7.11. The lowest BCUT2D eigenvalue weighted by Gasteiger charge is -2.22. The third-order valence-corrected chi connectivity index (χ3v) is 6.16. The molecule has 1 aliphatic rings. The van der Waals surface area contributed by atoms with E-state index < -0.39 is 0 Å². The Morgan fingerprint density at radius 3 is 2.68 bits per heavy atom. The average Bonchev–Trinajstić information content (AvgIpc) is 2.95. The summed E-state index contributed by atoms with van der Waals surface area (Å²) in [5.41, 5.74) is 2.45. The first-order chi connectivity index (χ1) is 10.7. The molecule has 1 fully saturated rings. The molecule has 0 bridgehead atoms. The number of nitrogens with zero attached hydrogens (tertiary/aromatic N) is 1. The standard InChI is InChI=1S/C17H20Cl2N2S/c1-2-15-17(12-5-7-20-8-6-12)22-16(21-15)10-11-3-4-13(18)14(19)9-11/h3-4,9,12,20H,2,5-8,10H2,1H3. The number of benzene rings is 1. The van der Waals surface area contributed by atoms with Gasteiger partial charge in [-0.25, -0.2) is 4.98 Å². The fourth-order valence-corrected chi connectivity index (χ4v) is 4.65. The molecule has 0 radical (unpaired) electrons. The zero-order valence-electron chi connectivity index (χ0n) is 12.7. The lowest BCUT2D eigenvalue weighted by molar-refractivity contribution is 0.463. The Labute approximate surface area is 145 Å². The molecule has 1 N–H and O–H groups in total. The van der Waals surface area contributed by atoms with Gasteiger partial charge < -0.3 is 5.32 Å². The molecule has 1 aromatic carbocycles. The fraction of sp³-hybridized carbons (Fsp3) is 0.471. The number of hydrogen-bond donors (Lipinski definition) is 1. The molecule has 22 heavy (non-hydrogen) atoms. The van der Waals surface area contributed by atoms with E-state index >= 15 is 0 Å². The first-order valence-corrected chi connectivity index (χ1v) is 9.37. The van der Waals surface area contributed by atoms with Crippen LogP contribution in [0.2, 0.25) is 10.0 Å². The second-order valence-electron chi connectivity index (χ2n) is 5.72. The molecule has 0 amide bonds. The van der Waals surface area contributed by atoms with Crippen molar-refractivity contribution in [1.82, 2.24) is 10.3 Å². The summed E-state index contributed by atoms with van der Waals surface area (Å²) in [6.45, 7) is 4.43. The number of aryl methyl sites for hydroxylation is 1. The van der Waals surface area contributed by atoms with E-state index in [1.54, 1.807) is 0 Å². The minimum Gasteiger partial charge on any atom is -0.317 e. The molecule has 1 saturated heterocycles. The maximum Gasteiger partial charge on any atom is 0.0975 e. The van der Waals surface area contributed by atoms with Crippen LogP contribution >= 0.6 is 34.5 Å². The molecule has 118 valence electrons. The van der Waals surface area contributed by atoms with Gasteiger partial charge in [-0.3, -0.25) is 0 Å². The normalized spacial score (nSPS) is 16.1. The highest BCUT2D eigenvalue weighted by Crippen LogP contribution is 2.34. The number of piperidine rings is 1. The van der Waals surface area contributed by atoms with Gasteiger partial charge in [0.2, 0.25) is 0 Å². The van der Waals surface area contributed by atoms with Gasteiger partial charge in [0.15, 0.2) is 0 Å². The van der Waals surface area contributed by atoms with Crippen molar-refractivity contribution in [3.63, 3.8) is 0 Å². The summed E-state index contributed by atoms with van der Waals surface area (Å²) in [7, 11) is 0. The van der Waals surface area contributed by atoms with E-state index in [-0.39, 0.29) is 0 Å². The molecule has 1 aliphatic heterocycles. The molecular formula is C17H20Cl2N2S. The first kappa shape index (κ1) is 16.3. The van der Waals surface area contributed by atoms with Crippen LogP contribution in [0.4, 0.5) is 0 Å². The van der Waals surface area contributed by atoms with Crippen LogP contribution in [0.3, 0.4) is 0 Å². The van der Waals surface area contributed by atoms with Crippen LogP contribution in [0.5, 0.6) is 0 Å². The predicted molar refractivity (Wildman–Crippen MR) is 95.6 cm³/mol. The molecule has 0 unspecified atom stereocenters. The second-order valence-corrected chi connectivity index (χ2v) is 7.65. The average molecular weight is 355 g/mol. The van der Waals surface area contributed by atoms with Crippen LogP contribution in [0.1, 0.15) is 46.8 Å². The molecule has 2 nitrogen and oxygen atoms in total. The molecule has 0 aliphatic carbocycles.